The van der Waals surface area contributed by atoms with Crippen molar-refractivity contribution in [2.75, 3.05) is 0 Å². The van der Waals surface area contributed by atoms with E-state index in [1.807, 2.05) is 0 Å². The first-order valence-corrected chi connectivity index (χ1v) is 7.25. The standard InChI is InChI=1S/C13H15NO4S/c1-3-4-10(2)14-19(17,18)9-11-5-7-12(8-6-11)13(15)16/h1,5-8,10,14H,4,9H2,2H3,(H,15,16). The van der Waals surface area contributed by atoms with E-state index in [1.54, 1.807) is 6.92 Å². The summed E-state index contributed by atoms with van der Waals surface area (Å²) in [5.41, 5.74) is 0.639. The SMILES string of the molecule is C#CCC(C)NS(=O)(=O)Cc1ccc(C(=O)O)cc1. The van der Waals surface area contributed by atoms with Gasteiger partial charge in [0.2, 0.25) is 10.0 Å². The second kappa shape index (κ2) is 6.36. The number of rotatable bonds is 6. The summed E-state index contributed by atoms with van der Waals surface area (Å²) in [6.07, 6.45) is 5.42. The first kappa shape index (κ1) is 15.2. The largest absolute Gasteiger partial charge is 0.478 e. The molecule has 0 saturated heterocycles. The summed E-state index contributed by atoms with van der Waals surface area (Å²) in [6, 6.07) is 5.38. The summed E-state index contributed by atoms with van der Waals surface area (Å²) in [4.78, 5) is 10.7. The quantitative estimate of drug-likeness (QED) is 0.768. The van der Waals surface area contributed by atoms with Crippen molar-refractivity contribution in [3.63, 3.8) is 0 Å². The molecule has 1 aromatic rings. The van der Waals surface area contributed by atoms with Gasteiger partial charge in [-0.1, -0.05) is 12.1 Å². The zero-order valence-electron chi connectivity index (χ0n) is 10.5. The lowest BCUT2D eigenvalue weighted by Gasteiger charge is -2.11. The van der Waals surface area contributed by atoms with Crippen molar-refractivity contribution in [3.8, 4) is 12.3 Å². The number of carbonyl (C=O) groups is 1. The molecule has 1 unspecified atom stereocenters. The van der Waals surface area contributed by atoms with Gasteiger partial charge in [-0.25, -0.2) is 17.9 Å². The van der Waals surface area contributed by atoms with E-state index in [-0.39, 0.29) is 17.4 Å². The van der Waals surface area contributed by atoms with Crippen LogP contribution >= 0.6 is 0 Å². The molecule has 5 nitrogen and oxygen atoms in total. The van der Waals surface area contributed by atoms with Crippen LogP contribution in [-0.4, -0.2) is 25.5 Å². The van der Waals surface area contributed by atoms with Crippen LogP contribution in [0.2, 0.25) is 0 Å². The third-order valence-electron chi connectivity index (χ3n) is 2.36. The minimum atomic E-state index is -3.48. The van der Waals surface area contributed by atoms with Crippen molar-refractivity contribution < 1.29 is 18.3 Å². The molecule has 6 heteroatoms. The second-order valence-corrected chi connectivity index (χ2v) is 5.94. The van der Waals surface area contributed by atoms with Crippen LogP contribution in [-0.2, 0) is 15.8 Å². The number of terminal acetylenes is 1. The summed E-state index contributed by atoms with van der Waals surface area (Å²) in [5, 5.41) is 8.74. The fraction of sp³-hybridized carbons (Fsp3) is 0.308. The van der Waals surface area contributed by atoms with E-state index in [0.29, 0.717) is 12.0 Å². The van der Waals surface area contributed by atoms with Gasteiger partial charge in [-0.3, -0.25) is 0 Å². The lowest BCUT2D eigenvalue weighted by molar-refractivity contribution is 0.0697. The summed E-state index contributed by atoms with van der Waals surface area (Å²) in [5.74, 6) is 1.13. The minimum Gasteiger partial charge on any atom is -0.478 e. The molecule has 2 N–H and O–H groups in total. The van der Waals surface area contributed by atoms with Crippen molar-refractivity contribution in [1.82, 2.24) is 4.72 Å². The van der Waals surface area contributed by atoms with Gasteiger partial charge in [0.15, 0.2) is 0 Å². The van der Waals surface area contributed by atoms with Gasteiger partial charge in [-0.15, -0.1) is 12.3 Å². The highest BCUT2D eigenvalue weighted by Crippen LogP contribution is 2.08. The molecular weight excluding hydrogens is 266 g/mol. The van der Waals surface area contributed by atoms with Gasteiger partial charge >= 0.3 is 5.97 Å². The van der Waals surface area contributed by atoms with Gasteiger partial charge in [0.05, 0.1) is 11.3 Å². The maximum Gasteiger partial charge on any atom is 0.335 e. The summed E-state index contributed by atoms with van der Waals surface area (Å²) in [7, 11) is -3.48. The second-order valence-electron chi connectivity index (χ2n) is 4.19. The third kappa shape index (κ3) is 5.12. The van der Waals surface area contributed by atoms with Crippen molar-refractivity contribution >= 4 is 16.0 Å². The number of carboxylic acids is 1. The van der Waals surface area contributed by atoms with E-state index in [0.717, 1.165) is 0 Å². The number of sulfonamides is 1. The monoisotopic (exact) mass is 281 g/mol. The highest BCUT2D eigenvalue weighted by molar-refractivity contribution is 7.88. The number of aromatic carboxylic acids is 1. The molecule has 0 aliphatic heterocycles. The molecule has 102 valence electrons. The topological polar surface area (TPSA) is 83.5 Å². The zero-order valence-corrected chi connectivity index (χ0v) is 11.3. The predicted octanol–water partition coefficient (Wildman–Crippen LogP) is 1.22. The molecule has 0 fully saturated rings. The minimum absolute atomic E-state index is 0.120. The van der Waals surface area contributed by atoms with Gasteiger partial charge < -0.3 is 5.11 Å². The molecule has 0 bridgehead atoms. The molecule has 1 rings (SSSR count). The lowest BCUT2D eigenvalue weighted by atomic mass is 10.1. The Morgan fingerprint density at radius 1 is 1.42 bits per heavy atom. The van der Waals surface area contributed by atoms with Gasteiger partial charge in [0, 0.05) is 12.5 Å². The van der Waals surface area contributed by atoms with Gasteiger partial charge in [-0.2, -0.15) is 0 Å². The average Bonchev–Trinajstić information content (AvgIpc) is 2.28. The van der Waals surface area contributed by atoms with Crippen molar-refractivity contribution in [3.05, 3.63) is 35.4 Å². The van der Waals surface area contributed by atoms with Gasteiger partial charge in [-0.05, 0) is 24.6 Å². The average molecular weight is 281 g/mol. The summed E-state index contributed by atoms with van der Waals surface area (Å²) >= 11 is 0. The Labute approximate surface area is 112 Å². The van der Waals surface area contributed by atoms with Crippen LogP contribution in [0.4, 0.5) is 0 Å². The molecule has 0 heterocycles. The Morgan fingerprint density at radius 2 is 2.00 bits per heavy atom. The Kier molecular flexibility index (Phi) is 5.10. The zero-order chi connectivity index (χ0) is 14.5. The van der Waals surface area contributed by atoms with Crippen LogP contribution in [0.5, 0.6) is 0 Å². The highest BCUT2D eigenvalue weighted by Gasteiger charge is 2.15. The van der Waals surface area contributed by atoms with Gasteiger partial charge in [0.25, 0.3) is 0 Å². The first-order valence-electron chi connectivity index (χ1n) is 5.60. The smallest absolute Gasteiger partial charge is 0.335 e. The van der Waals surface area contributed by atoms with Crippen LogP contribution in [0.15, 0.2) is 24.3 Å². The van der Waals surface area contributed by atoms with E-state index in [9.17, 15) is 13.2 Å². The van der Waals surface area contributed by atoms with Crippen LogP contribution < -0.4 is 4.72 Å². The summed E-state index contributed by atoms with van der Waals surface area (Å²) in [6.45, 7) is 1.69. The van der Waals surface area contributed by atoms with E-state index < -0.39 is 16.0 Å². The van der Waals surface area contributed by atoms with Crippen LogP contribution in [0.1, 0.15) is 29.3 Å². The highest BCUT2D eigenvalue weighted by atomic mass is 32.2. The number of hydrogen-bond donors (Lipinski definition) is 2. The molecule has 1 atom stereocenters. The first-order chi connectivity index (χ1) is 8.84. The predicted molar refractivity (Wildman–Crippen MR) is 72.1 cm³/mol. The van der Waals surface area contributed by atoms with Crippen molar-refractivity contribution in [2.45, 2.75) is 25.1 Å². The van der Waals surface area contributed by atoms with Crippen molar-refractivity contribution in [2.24, 2.45) is 0 Å². The van der Waals surface area contributed by atoms with E-state index in [4.69, 9.17) is 11.5 Å². The molecule has 0 aromatic heterocycles. The fourth-order valence-corrected chi connectivity index (χ4v) is 2.94. The number of carboxylic acid groups (broad SMARTS) is 1. The number of hydrogen-bond acceptors (Lipinski definition) is 3. The molecule has 1 aromatic carbocycles. The van der Waals surface area contributed by atoms with E-state index >= 15 is 0 Å². The van der Waals surface area contributed by atoms with Crippen molar-refractivity contribution in [1.29, 1.82) is 0 Å². The maximum absolute atomic E-state index is 11.8. The molecule has 19 heavy (non-hydrogen) atoms. The van der Waals surface area contributed by atoms with Gasteiger partial charge in [0.1, 0.15) is 0 Å². The van der Waals surface area contributed by atoms with E-state index in [2.05, 4.69) is 10.6 Å². The van der Waals surface area contributed by atoms with Crippen LogP contribution in [0, 0.1) is 12.3 Å². The number of nitrogens with one attached hydrogen (secondary N) is 1. The fourth-order valence-electron chi connectivity index (χ4n) is 1.53. The molecule has 0 aliphatic rings. The molecule has 0 amide bonds. The third-order valence-corrected chi connectivity index (χ3v) is 3.84. The number of benzene rings is 1. The Morgan fingerprint density at radius 3 is 2.47 bits per heavy atom. The maximum atomic E-state index is 11.8. The molecule has 0 radical (unpaired) electrons. The lowest BCUT2D eigenvalue weighted by Crippen LogP contribution is -2.33. The Hall–Kier alpha value is -1.84. The summed E-state index contributed by atoms with van der Waals surface area (Å²) < 4.78 is 26.1. The Balaban J connectivity index is 2.73. The van der Waals surface area contributed by atoms with E-state index in [1.165, 1.54) is 24.3 Å². The van der Waals surface area contributed by atoms with Crippen LogP contribution in [0.3, 0.4) is 0 Å². The Bertz CT molecular complexity index is 584. The molecule has 0 saturated carbocycles. The normalized spacial score (nSPS) is 12.6. The molecule has 0 spiro atoms. The molecular formula is C13H15NO4S. The molecule has 0 aliphatic carbocycles. The van der Waals surface area contributed by atoms with Crippen LogP contribution in [0.25, 0.3) is 0 Å².